The number of hydrogen-bond donors (Lipinski definition) is 1. The lowest BCUT2D eigenvalue weighted by Gasteiger charge is -2.46. The van der Waals surface area contributed by atoms with Crippen molar-refractivity contribution < 1.29 is 19.1 Å². The van der Waals surface area contributed by atoms with Gasteiger partial charge in [-0.25, -0.2) is 9.59 Å². The lowest BCUT2D eigenvalue weighted by Crippen LogP contribution is -2.50. The quantitative estimate of drug-likeness (QED) is 0.878. The molecular weight excluding hydrogens is 334 g/mol. The van der Waals surface area contributed by atoms with Crippen LogP contribution in [0.3, 0.4) is 0 Å². The zero-order valence-electron chi connectivity index (χ0n) is 15.5. The van der Waals surface area contributed by atoms with Crippen molar-refractivity contribution in [1.29, 1.82) is 0 Å². The fourth-order valence-electron chi connectivity index (χ4n) is 3.85. The number of carbonyl (C=O) groups is 2. The van der Waals surface area contributed by atoms with Crippen LogP contribution in [0.2, 0.25) is 0 Å². The van der Waals surface area contributed by atoms with Crippen molar-refractivity contribution in [2.45, 2.75) is 25.7 Å². The molecule has 0 unspecified atom stereocenters. The molecule has 7 heteroatoms. The Morgan fingerprint density at radius 1 is 0.923 bits per heavy atom. The van der Waals surface area contributed by atoms with Crippen molar-refractivity contribution in [2.24, 2.45) is 5.41 Å². The van der Waals surface area contributed by atoms with E-state index in [1.807, 2.05) is 29.2 Å². The Balaban J connectivity index is 1.48. The normalized spacial score (nSPS) is 19.2. The van der Waals surface area contributed by atoms with Gasteiger partial charge in [0, 0.05) is 31.9 Å². The molecule has 1 spiro atoms. The number of amides is 3. The van der Waals surface area contributed by atoms with Crippen LogP contribution in [0, 0.1) is 5.41 Å². The summed E-state index contributed by atoms with van der Waals surface area (Å²) in [4.78, 5) is 27.8. The highest BCUT2D eigenvalue weighted by Crippen LogP contribution is 2.41. The summed E-state index contributed by atoms with van der Waals surface area (Å²) in [7, 11) is 3.04. The molecule has 142 valence electrons. The molecule has 0 aliphatic carbocycles. The molecule has 2 fully saturated rings. The van der Waals surface area contributed by atoms with E-state index in [0.29, 0.717) is 0 Å². The summed E-state index contributed by atoms with van der Waals surface area (Å²) in [6.45, 7) is 2.98. The van der Waals surface area contributed by atoms with Gasteiger partial charge < -0.3 is 24.6 Å². The largest absolute Gasteiger partial charge is 0.497 e. The van der Waals surface area contributed by atoms with Crippen molar-refractivity contribution in [3.05, 3.63) is 24.3 Å². The number of likely N-dealkylation sites (tertiary alicyclic amines) is 2. The standard InChI is InChI=1S/C19H27N3O4/c1-25-16-5-3-15(4-6-16)20-17(23)21-11-7-19(8-12-21)9-13-22(14-10-19)18(24)26-2/h3-6H,7-14H2,1-2H3,(H,20,23). The number of benzene rings is 1. The minimum absolute atomic E-state index is 0.0583. The fraction of sp³-hybridized carbons (Fsp3) is 0.579. The van der Waals surface area contributed by atoms with Crippen LogP contribution in [-0.2, 0) is 4.74 Å². The molecule has 2 saturated heterocycles. The average molecular weight is 361 g/mol. The molecule has 3 rings (SSSR count). The van der Waals surface area contributed by atoms with E-state index in [9.17, 15) is 9.59 Å². The first kappa shape index (κ1) is 18.4. The molecule has 26 heavy (non-hydrogen) atoms. The van der Waals surface area contributed by atoms with Gasteiger partial charge in [-0.3, -0.25) is 0 Å². The summed E-state index contributed by atoms with van der Waals surface area (Å²) in [5, 5.41) is 2.95. The maximum atomic E-state index is 12.5. The van der Waals surface area contributed by atoms with Gasteiger partial charge in [0.25, 0.3) is 0 Å². The van der Waals surface area contributed by atoms with Crippen LogP contribution in [0.25, 0.3) is 0 Å². The fourth-order valence-corrected chi connectivity index (χ4v) is 3.85. The molecule has 7 nitrogen and oxygen atoms in total. The Morgan fingerprint density at radius 2 is 1.46 bits per heavy atom. The zero-order chi connectivity index (χ0) is 18.6. The van der Waals surface area contributed by atoms with Crippen LogP contribution >= 0.6 is 0 Å². The Labute approximate surface area is 154 Å². The van der Waals surface area contributed by atoms with E-state index in [1.165, 1.54) is 7.11 Å². The molecule has 1 aromatic carbocycles. The lowest BCUT2D eigenvalue weighted by atomic mass is 9.71. The van der Waals surface area contributed by atoms with Crippen molar-refractivity contribution in [3.8, 4) is 5.75 Å². The summed E-state index contributed by atoms with van der Waals surface area (Å²) in [5.74, 6) is 0.765. The van der Waals surface area contributed by atoms with Crippen LogP contribution in [0.1, 0.15) is 25.7 Å². The molecule has 0 bridgehead atoms. The van der Waals surface area contributed by atoms with Crippen LogP contribution in [0.5, 0.6) is 5.75 Å². The van der Waals surface area contributed by atoms with Crippen LogP contribution in [0.4, 0.5) is 15.3 Å². The SMILES string of the molecule is COC(=O)N1CCC2(CCN(C(=O)Nc3ccc(OC)cc3)CC2)CC1. The average Bonchev–Trinajstić information content (AvgIpc) is 2.69. The molecule has 0 saturated carbocycles. The minimum atomic E-state index is -0.240. The number of hydrogen-bond acceptors (Lipinski definition) is 4. The van der Waals surface area contributed by atoms with Crippen molar-refractivity contribution in [3.63, 3.8) is 0 Å². The summed E-state index contributed by atoms with van der Waals surface area (Å²) in [5.41, 5.74) is 1.02. The second-order valence-electron chi connectivity index (χ2n) is 7.10. The molecule has 0 atom stereocenters. The molecule has 1 N–H and O–H groups in total. The number of rotatable bonds is 2. The van der Waals surface area contributed by atoms with Gasteiger partial charge in [-0.15, -0.1) is 0 Å². The Hall–Kier alpha value is -2.44. The summed E-state index contributed by atoms with van der Waals surface area (Å²) in [6, 6.07) is 7.28. The predicted molar refractivity (Wildman–Crippen MR) is 98.5 cm³/mol. The molecule has 2 heterocycles. The highest BCUT2D eigenvalue weighted by molar-refractivity contribution is 5.89. The van der Waals surface area contributed by atoms with E-state index in [2.05, 4.69) is 5.32 Å². The molecular formula is C19H27N3O4. The van der Waals surface area contributed by atoms with Crippen molar-refractivity contribution in [2.75, 3.05) is 45.7 Å². The number of piperidine rings is 2. The molecule has 3 amide bonds. The first-order valence-electron chi connectivity index (χ1n) is 9.08. The van der Waals surface area contributed by atoms with Gasteiger partial charge in [0.15, 0.2) is 0 Å². The first-order chi connectivity index (χ1) is 12.5. The number of nitrogens with one attached hydrogen (secondary N) is 1. The van der Waals surface area contributed by atoms with Gasteiger partial charge in [0.2, 0.25) is 0 Å². The molecule has 2 aliphatic heterocycles. The number of carbonyl (C=O) groups excluding carboxylic acids is 2. The van der Waals surface area contributed by atoms with Crippen LogP contribution in [0.15, 0.2) is 24.3 Å². The highest BCUT2D eigenvalue weighted by atomic mass is 16.5. The Morgan fingerprint density at radius 3 is 1.96 bits per heavy atom. The first-order valence-corrected chi connectivity index (χ1v) is 9.08. The minimum Gasteiger partial charge on any atom is -0.497 e. The summed E-state index contributed by atoms with van der Waals surface area (Å²) in [6.07, 6.45) is 3.69. The van der Waals surface area contributed by atoms with Gasteiger partial charge in [-0.2, -0.15) is 0 Å². The van der Waals surface area contributed by atoms with Gasteiger partial charge in [-0.1, -0.05) is 0 Å². The second kappa shape index (κ2) is 7.85. The number of methoxy groups -OCH3 is 2. The third-order valence-corrected chi connectivity index (χ3v) is 5.71. The zero-order valence-corrected chi connectivity index (χ0v) is 15.5. The van der Waals surface area contributed by atoms with E-state index >= 15 is 0 Å². The smallest absolute Gasteiger partial charge is 0.409 e. The summed E-state index contributed by atoms with van der Waals surface area (Å²) >= 11 is 0. The van der Waals surface area contributed by atoms with Gasteiger partial charge >= 0.3 is 12.1 Å². The maximum Gasteiger partial charge on any atom is 0.409 e. The second-order valence-corrected chi connectivity index (χ2v) is 7.10. The monoisotopic (exact) mass is 361 g/mol. The summed E-state index contributed by atoms with van der Waals surface area (Å²) < 4.78 is 9.93. The van der Waals surface area contributed by atoms with Crippen LogP contribution < -0.4 is 10.1 Å². The van der Waals surface area contributed by atoms with Gasteiger partial charge in [-0.05, 0) is 55.4 Å². The third kappa shape index (κ3) is 4.03. The van der Waals surface area contributed by atoms with E-state index in [-0.39, 0.29) is 17.5 Å². The number of urea groups is 1. The predicted octanol–water partition coefficient (Wildman–Crippen LogP) is 3.17. The molecule has 0 aromatic heterocycles. The number of nitrogens with zero attached hydrogens (tertiary/aromatic N) is 2. The van der Waals surface area contributed by atoms with Crippen molar-refractivity contribution in [1.82, 2.24) is 9.80 Å². The number of ether oxygens (including phenoxy) is 2. The van der Waals surface area contributed by atoms with E-state index in [4.69, 9.17) is 9.47 Å². The van der Waals surface area contributed by atoms with E-state index in [0.717, 1.165) is 63.3 Å². The van der Waals surface area contributed by atoms with E-state index < -0.39 is 0 Å². The van der Waals surface area contributed by atoms with Gasteiger partial charge in [0.05, 0.1) is 14.2 Å². The van der Waals surface area contributed by atoms with E-state index in [1.54, 1.807) is 12.0 Å². The highest BCUT2D eigenvalue weighted by Gasteiger charge is 2.39. The molecule has 0 radical (unpaired) electrons. The molecule has 2 aliphatic rings. The van der Waals surface area contributed by atoms with Crippen molar-refractivity contribution >= 4 is 17.8 Å². The Kier molecular flexibility index (Phi) is 5.54. The van der Waals surface area contributed by atoms with Gasteiger partial charge in [0.1, 0.15) is 5.75 Å². The Bertz CT molecular complexity index is 629. The van der Waals surface area contributed by atoms with Crippen LogP contribution in [-0.4, -0.2) is 62.3 Å². The lowest BCUT2D eigenvalue weighted by molar-refractivity contribution is 0.0425. The maximum absolute atomic E-state index is 12.5. The topological polar surface area (TPSA) is 71.1 Å². The third-order valence-electron chi connectivity index (χ3n) is 5.71. The number of anilines is 1. The molecule has 1 aromatic rings.